The van der Waals surface area contributed by atoms with Gasteiger partial charge in [0.05, 0.1) is 17.9 Å². The van der Waals surface area contributed by atoms with E-state index in [0.29, 0.717) is 18.7 Å². The molecule has 7 nitrogen and oxygen atoms in total. The van der Waals surface area contributed by atoms with Crippen molar-refractivity contribution in [3.8, 4) is 0 Å². The molecule has 0 amide bonds. The van der Waals surface area contributed by atoms with Gasteiger partial charge in [-0.1, -0.05) is 5.21 Å². The maximum absolute atomic E-state index is 11.6. The summed E-state index contributed by atoms with van der Waals surface area (Å²) in [6.07, 6.45) is 0.492. The minimum absolute atomic E-state index is 0.146. The highest BCUT2D eigenvalue weighted by atomic mass is 16.5. The van der Waals surface area contributed by atoms with Crippen LogP contribution in [0.25, 0.3) is 0 Å². The standard InChI is InChI=1S/C11H20N4O3/c1-4-18-10(16)9-8(7-12)15(14-13-9)6-5-11(2,3)17/h17H,4-7,12H2,1-3H3. The van der Waals surface area contributed by atoms with Gasteiger partial charge in [0.15, 0.2) is 5.69 Å². The zero-order valence-corrected chi connectivity index (χ0v) is 11.0. The Labute approximate surface area is 106 Å². The molecule has 0 spiro atoms. The van der Waals surface area contributed by atoms with Crippen molar-refractivity contribution in [2.75, 3.05) is 6.61 Å². The molecule has 0 radical (unpaired) electrons. The molecule has 1 aromatic heterocycles. The van der Waals surface area contributed by atoms with E-state index in [1.807, 2.05) is 0 Å². The molecule has 0 fully saturated rings. The van der Waals surface area contributed by atoms with E-state index in [1.165, 1.54) is 4.68 Å². The Bertz CT molecular complexity index is 409. The fourth-order valence-electron chi connectivity index (χ4n) is 1.45. The van der Waals surface area contributed by atoms with Crippen LogP contribution in [0.15, 0.2) is 0 Å². The van der Waals surface area contributed by atoms with E-state index < -0.39 is 11.6 Å². The van der Waals surface area contributed by atoms with E-state index in [1.54, 1.807) is 20.8 Å². The lowest BCUT2D eigenvalue weighted by atomic mass is 10.1. The third-order valence-corrected chi connectivity index (χ3v) is 2.44. The summed E-state index contributed by atoms with van der Waals surface area (Å²) in [6, 6.07) is 0. The number of nitrogens with two attached hydrogens (primary N) is 1. The molecule has 1 rings (SSSR count). The first-order valence-corrected chi connectivity index (χ1v) is 5.91. The van der Waals surface area contributed by atoms with Gasteiger partial charge in [0.1, 0.15) is 0 Å². The zero-order valence-electron chi connectivity index (χ0n) is 11.0. The van der Waals surface area contributed by atoms with E-state index >= 15 is 0 Å². The summed E-state index contributed by atoms with van der Waals surface area (Å²) in [4.78, 5) is 11.6. The molecule has 0 aliphatic carbocycles. The maximum atomic E-state index is 11.6. The molecule has 0 saturated carbocycles. The number of carbonyl (C=O) groups excluding carboxylic acids is 1. The monoisotopic (exact) mass is 256 g/mol. The molecule has 102 valence electrons. The van der Waals surface area contributed by atoms with Crippen LogP contribution in [0.2, 0.25) is 0 Å². The lowest BCUT2D eigenvalue weighted by molar-refractivity contribution is 0.0518. The Morgan fingerprint density at radius 3 is 2.72 bits per heavy atom. The molecule has 1 heterocycles. The lowest BCUT2D eigenvalue weighted by Crippen LogP contribution is -2.23. The lowest BCUT2D eigenvalue weighted by Gasteiger charge is -2.17. The molecule has 0 unspecified atom stereocenters. The minimum Gasteiger partial charge on any atom is -0.461 e. The second kappa shape index (κ2) is 5.92. The highest BCUT2D eigenvalue weighted by Crippen LogP contribution is 2.12. The smallest absolute Gasteiger partial charge is 0.360 e. The Morgan fingerprint density at radius 1 is 1.56 bits per heavy atom. The first-order valence-electron chi connectivity index (χ1n) is 5.91. The summed E-state index contributed by atoms with van der Waals surface area (Å²) in [7, 11) is 0. The number of rotatable bonds is 6. The highest BCUT2D eigenvalue weighted by Gasteiger charge is 2.21. The van der Waals surface area contributed by atoms with Gasteiger partial charge < -0.3 is 15.6 Å². The van der Waals surface area contributed by atoms with Gasteiger partial charge in [0.25, 0.3) is 0 Å². The number of aliphatic hydroxyl groups is 1. The fraction of sp³-hybridized carbons (Fsp3) is 0.727. The molecular weight excluding hydrogens is 236 g/mol. The summed E-state index contributed by atoms with van der Waals surface area (Å²) in [6.45, 7) is 6.00. The van der Waals surface area contributed by atoms with Crippen molar-refractivity contribution in [2.24, 2.45) is 5.73 Å². The normalized spacial score (nSPS) is 11.6. The van der Waals surface area contributed by atoms with Crippen LogP contribution >= 0.6 is 0 Å². The van der Waals surface area contributed by atoms with Crippen molar-refractivity contribution >= 4 is 5.97 Å². The van der Waals surface area contributed by atoms with E-state index in [9.17, 15) is 9.90 Å². The first kappa shape index (κ1) is 14.6. The average molecular weight is 256 g/mol. The predicted octanol–water partition coefficient (Wildman–Crippen LogP) is 0.0745. The second-order valence-corrected chi connectivity index (χ2v) is 4.59. The van der Waals surface area contributed by atoms with E-state index in [0.717, 1.165) is 0 Å². The average Bonchev–Trinajstić information content (AvgIpc) is 2.68. The van der Waals surface area contributed by atoms with Gasteiger partial charge in [-0.25, -0.2) is 9.48 Å². The number of aromatic nitrogens is 3. The molecule has 0 aliphatic heterocycles. The maximum Gasteiger partial charge on any atom is 0.360 e. The zero-order chi connectivity index (χ0) is 13.8. The van der Waals surface area contributed by atoms with Crippen molar-refractivity contribution in [1.29, 1.82) is 0 Å². The van der Waals surface area contributed by atoms with Gasteiger partial charge in [0, 0.05) is 13.1 Å². The number of aryl methyl sites for hydroxylation is 1. The number of nitrogens with zero attached hydrogens (tertiary/aromatic N) is 3. The molecule has 0 saturated heterocycles. The van der Waals surface area contributed by atoms with Crippen LogP contribution in [-0.4, -0.2) is 38.3 Å². The van der Waals surface area contributed by atoms with Crippen molar-refractivity contribution in [3.63, 3.8) is 0 Å². The SMILES string of the molecule is CCOC(=O)c1nnn(CCC(C)(C)O)c1CN. The number of ether oxygens (including phenoxy) is 1. The summed E-state index contributed by atoms with van der Waals surface area (Å²) in [5, 5.41) is 17.3. The van der Waals surface area contributed by atoms with E-state index in [-0.39, 0.29) is 18.8 Å². The summed E-state index contributed by atoms with van der Waals surface area (Å²) >= 11 is 0. The topological polar surface area (TPSA) is 103 Å². The summed E-state index contributed by atoms with van der Waals surface area (Å²) in [5.41, 5.74) is 5.47. The van der Waals surface area contributed by atoms with Gasteiger partial charge in [-0.3, -0.25) is 0 Å². The number of hydrogen-bond acceptors (Lipinski definition) is 6. The van der Waals surface area contributed by atoms with Gasteiger partial charge in [-0.05, 0) is 27.2 Å². The minimum atomic E-state index is -0.804. The third kappa shape index (κ3) is 3.78. The molecule has 0 aliphatic rings. The number of carbonyl (C=O) groups is 1. The molecule has 1 aromatic rings. The van der Waals surface area contributed by atoms with Crippen LogP contribution in [0.4, 0.5) is 0 Å². The van der Waals surface area contributed by atoms with Crippen molar-refractivity contribution in [1.82, 2.24) is 15.0 Å². The van der Waals surface area contributed by atoms with Gasteiger partial charge in [-0.15, -0.1) is 5.10 Å². The van der Waals surface area contributed by atoms with Gasteiger partial charge >= 0.3 is 5.97 Å². The Morgan fingerprint density at radius 2 is 2.22 bits per heavy atom. The van der Waals surface area contributed by atoms with Crippen LogP contribution in [0.1, 0.15) is 43.4 Å². The van der Waals surface area contributed by atoms with Crippen LogP contribution in [0, 0.1) is 0 Å². The molecule has 0 bridgehead atoms. The fourth-order valence-corrected chi connectivity index (χ4v) is 1.45. The quantitative estimate of drug-likeness (QED) is 0.698. The van der Waals surface area contributed by atoms with Crippen molar-refractivity contribution in [3.05, 3.63) is 11.4 Å². The Kier molecular flexibility index (Phi) is 4.80. The highest BCUT2D eigenvalue weighted by molar-refractivity contribution is 5.88. The van der Waals surface area contributed by atoms with Gasteiger partial charge in [-0.2, -0.15) is 0 Å². The van der Waals surface area contributed by atoms with Crippen molar-refractivity contribution < 1.29 is 14.6 Å². The Hall–Kier alpha value is -1.47. The van der Waals surface area contributed by atoms with Crippen LogP contribution in [0.3, 0.4) is 0 Å². The van der Waals surface area contributed by atoms with Crippen LogP contribution < -0.4 is 5.73 Å². The van der Waals surface area contributed by atoms with Gasteiger partial charge in [0.2, 0.25) is 0 Å². The molecule has 3 N–H and O–H groups in total. The van der Waals surface area contributed by atoms with E-state index in [2.05, 4.69) is 10.3 Å². The number of hydrogen-bond donors (Lipinski definition) is 2. The molecule has 18 heavy (non-hydrogen) atoms. The molecular formula is C11H20N4O3. The largest absolute Gasteiger partial charge is 0.461 e. The summed E-state index contributed by atoms with van der Waals surface area (Å²) < 4.78 is 6.40. The Balaban J connectivity index is 2.85. The molecule has 0 aromatic carbocycles. The number of esters is 1. The van der Waals surface area contributed by atoms with Crippen LogP contribution in [0.5, 0.6) is 0 Å². The predicted molar refractivity (Wildman–Crippen MR) is 64.8 cm³/mol. The molecule has 7 heteroatoms. The summed E-state index contributed by atoms with van der Waals surface area (Å²) in [5.74, 6) is -0.521. The first-order chi connectivity index (χ1) is 8.39. The second-order valence-electron chi connectivity index (χ2n) is 4.59. The van der Waals surface area contributed by atoms with Crippen molar-refractivity contribution in [2.45, 2.75) is 45.9 Å². The third-order valence-electron chi connectivity index (χ3n) is 2.44. The van der Waals surface area contributed by atoms with E-state index in [4.69, 9.17) is 10.5 Å². The molecule has 0 atom stereocenters. The van der Waals surface area contributed by atoms with Crippen LogP contribution in [-0.2, 0) is 17.8 Å².